The Hall–Kier alpha value is -3.16. The van der Waals surface area contributed by atoms with E-state index in [1.165, 1.54) is 12.1 Å². The SMILES string of the molecule is N#Cc1ccccc1CN1C(=O)SC(=Cc2cc(Br)c(O)c([N+](=O)[O-])c2)C1=O. The van der Waals surface area contributed by atoms with Crippen LogP contribution < -0.4 is 0 Å². The number of rotatable bonds is 4. The van der Waals surface area contributed by atoms with Gasteiger partial charge in [0.05, 0.1) is 32.5 Å². The number of nitrogens with zero attached hydrogens (tertiary/aromatic N) is 3. The maximum Gasteiger partial charge on any atom is 0.312 e. The van der Waals surface area contributed by atoms with E-state index in [1.807, 2.05) is 6.07 Å². The minimum atomic E-state index is -0.748. The van der Waals surface area contributed by atoms with Gasteiger partial charge in [-0.3, -0.25) is 24.6 Å². The lowest BCUT2D eigenvalue weighted by molar-refractivity contribution is -0.386. The predicted octanol–water partition coefficient (Wildman–Crippen LogP) is 4.17. The summed E-state index contributed by atoms with van der Waals surface area (Å²) in [4.78, 5) is 36.3. The number of nitro benzene ring substituents is 1. The zero-order chi connectivity index (χ0) is 20.4. The van der Waals surface area contributed by atoms with Gasteiger partial charge in [0, 0.05) is 6.07 Å². The molecule has 3 rings (SSSR count). The van der Waals surface area contributed by atoms with Gasteiger partial charge in [-0.25, -0.2) is 0 Å². The molecule has 0 unspecified atom stereocenters. The molecule has 2 aromatic carbocycles. The normalized spacial score (nSPS) is 15.1. The van der Waals surface area contributed by atoms with E-state index in [2.05, 4.69) is 15.9 Å². The van der Waals surface area contributed by atoms with Crippen LogP contribution in [0.2, 0.25) is 0 Å². The third-order valence-corrected chi connectivity index (χ3v) is 5.41. The van der Waals surface area contributed by atoms with Gasteiger partial charge in [0.25, 0.3) is 11.1 Å². The Balaban J connectivity index is 1.92. The van der Waals surface area contributed by atoms with Crippen molar-refractivity contribution in [1.29, 1.82) is 5.26 Å². The smallest absolute Gasteiger partial charge is 0.312 e. The van der Waals surface area contributed by atoms with Crippen LogP contribution in [0, 0.1) is 21.4 Å². The number of imide groups is 1. The molecule has 140 valence electrons. The average molecular weight is 460 g/mol. The number of halogens is 1. The summed E-state index contributed by atoms with van der Waals surface area (Å²) in [5.41, 5.74) is 0.655. The number of aromatic hydroxyl groups is 1. The summed E-state index contributed by atoms with van der Waals surface area (Å²) >= 11 is 3.73. The van der Waals surface area contributed by atoms with E-state index in [-0.39, 0.29) is 21.5 Å². The quantitative estimate of drug-likeness (QED) is 0.413. The van der Waals surface area contributed by atoms with E-state index in [4.69, 9.17) is 5.26 Å². The van der Waals surface area contributed by atoms with Gasteiger partial charge in [-0.05, 0) is 57.0 Å². The van der Waals surface area contributed by atoms with Gasteiger partial charge in [0.15, 0.2) is 0 Å². The van der Waals surface area contributed by atoms with Crippen LogP contribution >= 0.6 is 27.7 Å². The summed E-state index contributed by atoms with van der Waals surface area (Å²) in [6, 6.07) is 11.2. The Morgan fingerprint density at radius 1 is 1.32 bits per heavy atom. The molecule has 0 bridgehead atoms. The Morgan fingerprint density at radius 3 is 2.71 bits per heavy atom. The van der Waals surface area contributed by atoms with Crippen LogP contribution in [0.1, 0.15) is 16.7 Å². The minimum Gasteiger partial charge on any atom is -0.501 e. The molecule has 0 saturated carbocycles. The molecular weight excluding hydrogens is 450 g/mol. The second-order valence-corrected chi connectivity index (χ2v) is 7.51. The van der Waals surface area contributed by atoms with Crippen LogP contribution in [0.15, 0.2) is 45.8 Å². The third-order valence-electron chi connectivity index (χ3n) is 3.90. The number of benzene rings is 2. The largest absolute Gasteiger partial charge is 0.501 e. The number of phenolic OH excluding ortho intramolecular Hbond substituents is 1. The molecule has 10 heteroatoms. The number of hydrogen-bond donors (Lipinski definition) is 1. The van der Waals surface area contributed by atoms with Gasteiger partial charge in [0.2, 0.25) is 5.75 Å². The van der Waals surface area contributed by atoms with Crippen LogP contribution in [0.25, 0.3) is 6.08 Å². The molecule has 2 amide bonds. The van der Waals surface area contributed by atoms with Crippen molar-refractivity contribution in [2.45, 2.75) is 6.54 Å². The number of nitro groups is 1. The number of amides is 2. The number of carbonyl (C=O) groups excluding carboxylic acids is 2. The fourth-order valence-corrected chi connectivity index (χ4v) is 3.86. The Labute approximate surface area is 171 Å². The molecule has 1 aliphatic heterocycles. The van der Waals surface area contributed by atoms with Crippen molar-refractivity contribution in [2.75, 3.05) is 0 Å². The Morgan fingerprint density at radius 2 is 2.04 bits per heavy atom. The third kappa shape index (κ3) is 3.76. The molecular formula is C18H10BrN3O5S. The zero-order valence-electron chi connectivity index (χ0n) is 14.0. The van der Waals surface area contributed by atoms with Gasteiger partial charge in [0.1, 0.15) is 0 Å². The fraction of sp³-hybridized carbons (Fsp3) is 0.0556. The van der Waals surface area contributed by atoms with Gasteiger partial charge in [-0.2, -0.15) is 5.26 Å². The summed E-state index contributed by atoms with van der Waals surface area (Å²) in [5, 5.41) is 29.4. The highest BCUT2D eigenvalue weighted by Crippen LogP contribution is 2.38. The molecule has 0 aromatic heterocycles. The van der Waals surface area contributed by atoms with Gasteiger partial charge >= 0.3 is 5.69 Å². The highest BCUT2D eigenvalue weighted by molar-refractivity contribution is 9.10. The first kappa shape index (κ1) is 19.6. The molecule has 2 aromatic rings. The first-order chi connectivity index (χ1) is 13.3. The predicted molar refractivity (Wildman–Crippen MR) is 105 cm³/mol. The number of hydrogen-bond acceptors (Lipinski definition) is 7. The molecule has 1 heterocycles. The van der Waals surface area contributed by atoms with Crippen molar-refractivity contribution < 1.29 is 19.6 Å². The van der Waals surface area contributed by atoms with E-state index in [0.29, 0.717) is 22.9 Å². The molecule has 1 N–H and O–H groups in total. The van der Waals surface area contributed by atoms with Gasteiger partial charge in [-0.15, -0.1) is 0 Å². The monoisotopic (exact) mass is 459 g/mol. The van der Waals surface area contributed by atoms with Crippen LogP contribution in [-0.4, -0.2) is 26.1 Å². The summed E-state index contributed by atoms with van der Waals surface area (Å²) < 4.78 is 0.0927. The fourth-order valence-electron chi connectivity index (χ4n) is 2.55. The summed E-state index contributed by atoms with van der Waals surface area (Å²) in [7, 11) is 0. The first-order valence-corrected chi connectivity index (χ1v) is 9.33. The van der Waals surface area contributed by atoms with Crippen molar-refractivity contribution >= 4 is 50.6 Å². The zero-order valence-corrected chi connectivity index (χ0v) is 16.4. The lowest BCUT2D eigenvalue weighted by Gasteiger charge is -2.13. The summed E-state index contributed by atoms with van der Waals surface area (Å²) in [6.45, 7) is -0.0504. The van der Waals surface area contributed by atoms with Crippen molar-refractivity contribution in [3.8, 4) is 11.8 Å². The van der Waals surface area contributed by atoms with Gasteiger partial charge < -0.3 is 5.11 Å². The molecule has 0 radical (unpaired) electrons. The first-order valence-electron chi connectivity index (χ1n) is 7.72. The van der Waals surface area contributed by atoms with E-state index in [9.17, 15) is 24.8 Å². The topological polar surface area (TPSA) is 125 Å². The number of thioether (sulfide) groups is 1. The van der Waals surface area contributed by atoms with E-state index in [1.54, 1.807) is 24.3 Å². The highest BCUT2D eigenvalue weighted by Gasteiger charge is 2.35. The van der Waals surface area contributed by atoms with Crippen molar-refractivity contribution in [3.05, 3.63) is 72.6 Å². The number of nitriles is 1. The number of phenols is 1. The van der Waals surface area contributed by atoms with Crippen LogP contribution in [0.3, 0.4) is 0 Å². The van der Waals surface area contributed by atoms with Crippen molar-refractivity contribution in [1.82, 2.24) is 4.90 Å². The van der Waals surface area contributed by atoms with Crippen LogP contribution in [-0.2, 0) is 11.3 Å². The number of carbonyl (C=O) groups is 2. The Kier molecular flexibility index (Phi) is 5.48. The van der Waals surface area contributed by atoms with Crippen LogP contribution in [0.5, 0.6) is 5.75 Å². The van der Waals surface area contributed by atoms with E-state index >= 15 is 0 Å². The molecule has 1 aliphatic rings. The molecule has 0 spiro atoms. The molecule has 8 nitrogen and oxygen atoms in total. The molecule has 1 fully saturated rings. The maximum atomic E-state index is 12.6. The Bertz CT molecular complexity index is 1090. The summed E-state index contributed by atoms with van der Waals surface area (Å²) in [6.07, 6.45) is 1.35. The minimum absolute atomic E-state index is 0.0504. The van der Waals surface area contributed by atoms with Crippen molar-refractivity contribution in [3.63, 3.8) is 0 Å². The van der Waals surface area contributed by atoms with E-state index in [0.717, 1.165) is 11.0 Å². The standard InChI is InChI=1S/C18H10BrN3O5S/c19-13-5-10(6-14(16(13)23)22(26)27)7-15-17(24)21(18(25)28-15)9-12-4-2-1-3-11(12)8-20/h1-7,23H,9H2. The molecule has 1 saturated heterocycles. The van der Waals surface area contributed by atoms with Crippen molar-refractivity contribution in [2.24, 2.45) is 0 Å². The highest BCUT2D eigenvalue weighted by atomic mass is 79.9. The lowest BCUT2D eigenvalue weighted by atomic mass is 10.1. The molecule has 0 atom stereocenters. The average Bonchev–Trinajstić information content (AvgIpc) is 2.92. The maximum absolute atomic E-state index is 12.6. The van der Waals surface area contributed by atoms with Crippen LogP contribution in [0.4, 0.5) is 10.5 Å². The van der Waals surface area contributed by atoms with E-state index < -0.39 is 27.5 Å². The summed E-state index contributed by atoms with van der Waals surface area (Å²) in [5.74, 6) is -1.09. The molecule has 28 heavy (non-hydrogen) atoms. The molecule has 0 aliphatic carbocycles. The lowest BCUT2D eigenvalue weighted by Crippen LogP contribution is -2.27. The second kappa shape index (κ2) is 7.84. The van der Waals surface area contributed by atoms with Gasteiger partial charge in [-0.1, -0.05) is 18.2 Å². The second-order valence-electron chi connectivity index (χ2n) is 5.66.